The fourth-order valence-corrected chi connectivity index (χ4v) is 1.07. The maximum atomic E-state index is 8.51. The summed E-state index contributed by atoms with van der Waals surface area (Å²) in [7, 11) is 3.05. The summed E-state index contributed by atoms with van der Waals surface area (Å²) >= 11 is 0. The van der Waals surface area contributed by atoms with Crippen molar-refractivity contribution in [2.75, 3.05) is 19.6 Å². The molecule has 0 saturated heterocycles. The lowest BCUT2D eigenvalue weighted by molar-refractivity contribution is 0.394. The quantitative estimate of drug-likeness (QED) is 0.625. The van der Waals surface area contributed by atoms with Crippen LogP contribution in [0.15, 0.2) is 23.3 Å². The molecule has 6 heteroatoms. The van der Waals surface area contributed by atoms with E-state index in [4.69, 9.17) is 20.0 Å². The van der Waals surface area contributed by atoms with E-state index in [0.717, 1.165) is 0 Å². The van der Waals surface area contributed by atoms with Crippen molar-refractivity contribution in [2.45, 2.75) is 0 Å². The third-order valence-corrected chi connectivity index (χ3v) is 1.86. The Morgan fingerprint density at radius 2 is 1.65 bits per heavy atom. The molecule has 1 aromatic carbocycles. The molecular weight excluding hydrogens is 220 g/mol. The third kappa shape index (κ3) is 3.40. The average Bonchev–Trinajstić information content (AvgIpc) is 2.39. The first-order valence-corrected chi connectivity index (χ1v) is 4.60. The molecule has 0 spiro atoms. The first-order valence-electron chi connectivity index (χ1n) is 4.60. The Bertz CT molecular complexity index is 473. The average molecular weight is 230 g/mol. The number of methoxy groups -OCH3 is 2. The zero-order valence-electron chi connectivity index (χ0n) is 9.39. The van der Waals surface area contributed by atoms with Crippen molar-refractivity contribution in [3.05, 3.63) is 18.2 Å². The summed E-state index contributed by atoms with van der Waals surface area (Å²) in [6.07, 6.45) is 0. The van der Waals surface area contributed by atoms with E-state index in [1.54, 1.807) is 30.3 Å². The molecule has 0 amide bonds. The van der Waals surface area contributed by atoms with Gasteiger partial charge in [-0.15, -0.1) is 0 Å². The second-order valence-electron chi connectivity index (χ2n) is 2.90. The highest BCUT2D eigenvalue weighted by molar-refractivity contribution is 6.10. The summed E-state index contributed by atoms with van der Waals surface area (Å²) in [5.74, 6) is 1.16. The van der Waals surface area contributed by atoms with E-state index in [1.807, 2.05) is 0 Å². The van der Waals surface area contributed by atoms with Gasteiger partial charge in [-0.3, -0.25) is 5.43 Å². The van der Waals surface area contributed by atoms with Crippen LogP contribution >= 0.6 is 0 Å². The smallest absolute Gasteiger partial charge is 0.237 e. The first-order chi connectivity index (χ1) is 8.23. The molecule has 0 radical (unpaired) electrons. The second kappa shape index (κ2) is 5.99. The molecule has 0 saturated carbocycles. The summed E-state index contributed by atoms with van der Waals surface area (Å²) in [5.41, 5.74) is 2.88. The van der Waals surface area contributed by atoms with Crippen LogP contribution in [-0.2, 0) is 0 Å². The van der Waals surface area contributed by atoms with Crippen molar-refractivity contribution in [1.82, 2.24) is 0 Å². The van der Waals surface area contributed by atoms with Crippen LogP contribution in [0.4, 0.5) is 5.69 Å². The molecule has 0 bridgehead atoms. The predicted octanol–water partition coefficient (Wildman–Crippen LogP) is 1.52. The number of hydrogen-bond acceptors (Lipinski definition) is 6. The van der Waals surface area contributed by atoms with Gasteiger partial charge in [0.2, 0.25) is 5.71 Å². The number of benzene rings is 1. The van der Waals surface area contributed by atoms with E-state index < -0.39 is 0 Å². The molecule has 0 atom stereocenters. The van der Waals surface area contributed by atoms with Crippen molar-refractivity contribution >= 4 is 11.4 Å². The lowest BCUT2D eigenvalue weighted by atomic mass is 10.3. The highest BCUT2D eigenvalue weighted by Crippen LogP contribution is 2.25. The minimum Gasteiger partial charge on any atom is -0.497 e. The Morgan fingerprint density at radius 1 is 1.12 bits per heavy atom. The van der Waals surface area contributed by atoms with Crippen LogP contribution in [0, 0.1) is 22.7 Å². The van der Waals surface area contributed by atoms with E-state index in [-0.39, 0.29) is 5.71 Å². The van der Waals surface area contributed by atoms with E-state index in [1.165, 1.54) is 14.2 Å². The molecule has 0 aliphatic heterocycles. The number of hydrazone groups is 1. The molecule has 0 aliphatic rings. The number of hydrogen-bond donors (Lipinski definition) is 1. The van der Waals surface area contributed by atoms with Crippen LogP contribution in [0.2, 0.25) is 0 Å². The van der Waals surface area contributed by atoms with Crippen molar-refractivity contribution < 1.29 is 9.47 Å². The number of nitrogens with one attached hydrogen (secondary N) is 1. The van der Waals surface area contributed by atoms with Gasteiger partial charge in [-0.05, 0) is 0 Å². The molecule has 0 aromatic heterocycles. The first kappa shape index (κ1) is 12.3. The topological polar surface area (TPSA) is 90.4 Å². The number of nitriles is 2. The van der Waals surface area contributed by atoms with Gasteiger partial charge in [0, 0.05) is 18.2 Å². The van der Waals surface area contributed by atoms with Gasteiger partial charge in [0.15, 0.2) is 0 Å². The number of ether oxygens (including phenoxy) is 2. The molecule has 1 rings (SSSR count). The van der Waals surface area contributed by atoms with Gasteiger partial charge in [-0.1, -0.05) is 0 Å². The Morgan fingerprint density at radius 3 is 2.06 bits per heavy atom. The normalized spacial score (nSPS) is 8.47. The van der Waals surface area contributed by atoms with Gasteiger partial charge >= 0.3 is 0 Å². The number of rotatable bonds is 4. The Hall–Kier alpha value is -2.73. The highest BCUT2D eigenvalue weighted by atomic mass is 16.5. The largest absolute Gasteiger partial charge is 0.497 e. The number of nitrogens with zero attached hydrogens (tertiary/aromatic N) is 3. The van der Waals surface area contributed by atoms with Crippen LogP contribution in [-0.4, -0.2) is 19.9 Å². The minimum absolute atomic E-state index is 0.258. The molecule has 0 unspecified atom stereocenters. The van der Waals surface area contributed by atoms with Crippen LogP contribution < -0.4 is 14.9 Å². The molecule has 6 nitrogen and oxygen atoms in total. The minimum atomic E-state index is -0.258. The second-order valence-corrected chi connectivity index (χ2v) is 2.90. The Balaban J connectivity index is 2.96. The van der Waals surface area contributed by atoms with Gasteiger partial charge in [-0.2, -0.15) is 15.6 Å². The number of anilines is 1. The van der Waals surface area contributed by atoms with E-state index in [2.05, 4.69) is 10.5 Å². The molecule has 0 heterocycles. The maximum absolute atomic E-state index is 8.51. The fraction of sp³-hybridized carbons (Fsp3) is 0.182. The van der Waals surface area contributed by atoms with Crippen molar-refractivity contribution in [2.24, 2.45) is 5.10 Å². The van der Waals surface area contributed by atoms with Crippen molar-refractivity contribution in [3.63, 3.8) is 0 Å². The summed E-state index contributed by atoms with van der Waals surface area (Å²) in [5, 5.41) is 20.6. The van der Waals surface area contributed by atoms with Crippen molar-refractivity contribution in [1.29, 1.82) is 10.5 Å². The zero-order valence-corrected chi connectivity index (χ0v) is 9.39. The summed E-state index contributed by atoms with van der Waals surface area (Å²) in [6.45, 7) is 0. The summed E-state index contributed by atoms with van der Waals surface area (Å²) in [6, 6.07) is 8.32. The van der Waals surface area contributed by atoms with Crippen LogP contribution in [0.25, 0.3) is 0 Å². The molecule has 0 aliphatic carbocycles. The molecule has 0 fully saturated rings. The van der Waals surface area contributed by atoms with Gasteiger partial charge in [0.05, 0.1) is 19.9 Å². The Kier molecular flexibility index (Phi) is 4.34. The molecule has 86 valence electrons. The van der Waals surface area contributed by atoms with Gasteiger partial charge in [0.1, 0.15) is 23.6 Å². The fourth-order valence-electron chi connectivity index (χ4n) is 1.07. The zero-order chi connectivity index (χ0) is 12.7. The van der Waals surface area contributed by atoms with Gasteiger partial charge in [0.25, 0.3) is 0 Å². The highest BCUT2D eigenvalue weighted by Gasteiger charge is 2.01. The third-order valence-electron chi connectivity index (χ3n) is 1.86. The molecule has 1 N–H and O–H groups in total. The van der Waals surface area contributed by atoms with E-state index in [9.17, 15) is 0 Å². The lowest BCUT2D eigenvalue weighted by Crippen LogP contribution is -1.97. The monoisotopic (exact) mass is 230 g/mol. The van der Waals surface area contributed by atoms with Gasteiger partial charge < -0.3 is 9.47 Å². The maximum Gasteiger partial charge on any atom is 0.237 e. The van der Waals surface area contributed by atoms with Gasteiger partial charge in [-0.25, -0.2) is 0 Å². The van der Waals surface area contributed by atoms with Crippen LogP contribution in [0.3, 0.4) is 0 Å². The van der Waals surface area contributed by atoms with Crippen LogP contribution in [0.1, 0.15) is 0 Å². The standard InChI is InChI=1S/C11H10N4O2/c1-16-10-3-8(4-11(5-10)17-2)14-15-9(6-12)7-13/h3-5,14H,1-2H3. The lowest BCUT2D eigenvalue weighted by Gasteiger charge is -2.07. The predicted molar refractivity (Wildman–Crippen MR) is 61.8 cm³/mol. The van der Waals surface area contributed by atoms with E-state index >= 15 is 0 Å². The summed E-state index contributed by atoms with van der Waals surface area (Å²) in [4.78, 5) is 0. The van der Waals surface area contributed by atoms with Crippen molar-refractivity contribution in [3.8, 4) is 23.6 Å². The molecular formula is C11H10N4O2. The Labute approximate surface area is 98.7 Å². The van der Waals surface area contributed by atoms with E-state index in [0.29, 0.717) is 17.2 Å². The molecule has 17 heavy (non-hydrogen) atoms. The summed E-state index contributed by atoms with van der Waals surface area (Å²) < 4.78 is 10.1. The SMILES string of the molecule is COc1cc(NN=C(C#N)C#N)cc(OC)c1. The molecule has 1 aromatic rings. The van der Waals surface area contributed by atoms with Crippen LogP contribution in [0.5, 0.6) is 11.5 Å².